The van der Waals surface area contributed by atoms with Crippen LogP contribution in [0, 0.1) is 36.0 Å². The van der Waals surface area contributed by atoms with Crippen LogP contribution in [0.15, 0.2) is 60.2 Å². The summed E-state index contributed by atoms with van der Waals surface area (Å²) < 4.78 is 2.59. The Labute approximate surface area is 272 Å². The molecule has 0 radical (unpaired) electrons. The Hall–Kier alpha value is -4.32. The number of anilines is 1. The van der Waals surface area contributed by atoms with E-state index in [1.54, 1.807) is 48.2 Å². The number of amides is 4. The van der Waals surface area contributed by atoms with Gasteiger partial charge in [0.05, 0.1) is 28.0 Å². The van der Waals surface area contributed by atoms with E-state index in [1.165, 1.54) is 17.0 Å². The number of hydrogen-bond donors (Lipinski definition) is 2. The molecule has 234 valence electrons. The first-order valence-electron chi connectivity index (χ1n) is 15.1. The summed E-state index contributed by atoms with van der Waals surface area (Å²) in [6.45, 7) is 3.80. The maximum absolute atomic E-state index is 14.7. The van der Waals surface area contributed by atoms with Crippen molar-refractivity contribution in [3.63, 3.8) is 0 Å². The molecule has 4 amide bonds. The molecule has 4 aliphatic rings. The van der Waals surface area contributed by atoms with Gasteiger partial charge in [0.2, 0.25) is 11.8 Å². The summed E-state index contributed by atoms with van der Waals surface area (Å²) >= 11 is 7.82. The predicted octanol–water partition coefficient (Wildman–Crippen LogP) is 5.59. The lowest BCUT2D eigenvalue weighted by atomic mass is 9.51. The maximum Gasteiger partial charge on any atom is 0.257 e. The van der Waals surface area contributed by atoms with E-state index in [4.69, 9.17) is 16.7 Å². The second-order valence-electron chi connectivity index (χ2n) is 12.9. The molecule has 2 aliphatic carbocycles. The Morgan fingerprint density at radius 2 is 1.74 bits per heavy atom. The van der Waals surface area contributed by atoms with Crippen molar-refractivity contribution in [2.24, 2.45) is 36.1 Å². The van der Waals surface area contributed by atoms with Crippen LogP contribution in [-0.4, -0.2) is 48.8 Å². The molecule has 4 heterocycles. The number of carbonyl (C=O) groups excluding carboxylic acids is 4. The van der Waals surface area contributed by atoms with Crippen molar-refractivity contribution in [1.82, 2.24) is 14.8 Å². The molecule has 2 aromatic carbocycles. The first-order chi connectivity index (χ1) is 21.9. The van der Waals surface area contributed by atoms with Gasteiger partial charge in [-0.2, -0.15) is 10.2 Å². The van der Waals surface area contributed by atoms with Crippen molar-refractivity contribution in [3.05, 3.63) is 76.3 Å². The predicted molar refractivity (Wildman–Crippen MR) is 170 cm³/mol. The highest BCUT2D eigenvalue weighted by Crippen LogP contribution is 2.63. The number of fused-ring (bicyclic) bond motifs is 5. The number of hydrogen-bond acceptors (Lipinski definition) is 8. The fraction of sp³-hybridized carbons (Fsp3) is 0.324. The Balaban J connectivity index is 1.25. The van der Waals surface area contributed by atoms with Crippen LogP contribution >= 0.6 is 22.9 Å². The molecular weight excluding hydrogens is 628 g/mol. The molecule has 2 N–H and O–H groups in total. The lowest BCUT2D eigenvalue weighted by Gasteiger charge is -2.49. The molecule has 2 saturated heterocycles. The average Bonchev–Trinajstić information content (AvgIpc) is 3.69. The van der Waals surface area contributed by atoms with Gasteiger partial charge in [0.25, 0.3) is 11.8 Å². The fourth-order valence-corrected chi connectivity index (χ4v) is 9.80. The zero-order chi connectivity index (χ0) is 32.4. The molecule has 2 aliphatic heterocycles. The van der Waals surface area contributed by atoms with Gasteiger partial charge in [-0.05, 0) is 79.5 Å². The van der Waals surface area contributed by atoms with Gasteiger partial charge in [0.15, 0.2) is 0 Å². The molecule has 0 unspecified atom stereocenters. The monoisotopic (exact) mass is 656 g/mol. The summed E-state index contributed by atoms with van der Waals surface area (Å²) in [6.07, 6.45) is 2.32. The number of nitrogens with zero attached hydrogens (tertiary/aromatic N) is 4. The summed E-state index contributed by atoms with van der Waals surface area (Å²) in [5.74, 6) is -5.22. The molecule has 8 rings (SSSR count). The number of aromatic hydroxyl groups is 1. The van der Waals surface area contributed by atoms with Crippen LogP contribution in [0.3, 0.4) is 0 Å². The van der Waals surface area contributed by atoms with Crippen molar-refractivity contribution in [2.75, 3.05) is 4.90 Å². The van der Waals surface area contributed by atoms with Crippen molar-refractivity contribution < 1.29 is 29.5 Å². The summed E-state index contributed by atoms with van der Waals surface area (Å²) in [7, 11) is 1.70. The third-order valence-corrected chi connectivity index (χ3v) is 12.2. The second-order valence-corrected chi connectivity index (χ2v) is 14.4. The van der Waals surface area contributed by atoms with E-state index in [9.17, 15) is 29.5 Å². The number of aromatic nitrogens is 2. The minimum atomic E-state index is -1.23. The van der Waals surface area contributed by atoms with Gasteiger partial charge in [-0.25, -0.2) is 4.90 Å². The van der Waals surface area contributed by atoms with E-state index in [1.807, 2.05) is 31.2 Å². The number of benzene rings is 2. The number of allylic oxidation sites excluding steroid dienone is 2. The summed E-state index contributed by atoms with van der Waals surface area (Å²) in [5, 5.41) is 26.9. The van der Waals surface area contributed by atoms with E-state index in [0.717, 1.165) is 26.1 Å². The Bertz CT molecular complexity index is 2070. The van der Waals surface area contributed by atoms with Gasteiger partial charge in [0, 0.05) is 28.8 Å². The Morgan fingerprint density at radius 1 is 1.00 bits per heavy atom. The quantitative estimate of drug-likeness (QED) is 0.167. The van der Waals surface area contributed by atoms with E-state index >= 15 is 0 Å². The number of hydroxylamine groups is 2. The van der Waals surface area contributed by atoms with Crippen LogP contribution in [0.2, 0.25) is 5.02 Å². The van der Waals surface area contributed by atoms with Crippen molar-refractivity contribution >= 4 is 62.5 Å². The maximum atomic E-state index is 14.7. The van der Waals surface area contributed by atoms with Gasteiger partial charge in [-0.15, -0.1) is 11.3 Å². The van der Waals surface area contributed by atoms with Crippen LogP contribution in [0.25, 0.3) is 20.7 Å². The molecule has 4 aromatic rings. The van der Waals surface area contributed by atoms with Crippen LogP contribution in [0.4, 0.5) is 5.82 Å². The lowest BCUT2D eigenvalue weighted by molar-refractivity contribution is -0.173. The van der Waals surface area contributed by atoms with Crippen LogP contribution in [0.5, 0.6) is 5.75 Å². The summed E-state index contributed by atoms with van der Waals surface area (Å²) in [5.41, 5.74) is 1.91. The largest absolute Gasteiger partial charge is 0.508 e. The van der Waals surface area contributed by atoms with Gasteiger partial charge in [-0.3, -0.25) is 29.1 Å². The third kappa shape index (κ3) is 3.76. The van der Waals surface area contributed by atoms with Crippen molar-refractivity contribution in [2.45, 2.75) is 32.6 Å². The first kappa shape index (κ1) is 29.1. The Kier molecular flexibility index (Phi) is 6.23. The molecule has 46 heavy (non-hydrogen) atoms. The van der Waals surface area contributed by atoms with E-state index in [-0.39, 0.29) is 29.6 Å². The zero-order valence-electron chi connectivity index (χ0n) is 25.1. The molecule has 2 aromatic heterocycles. The number of rotatable bonds is 3. The van der Waals surface area contributed by atoms with Crippen LogP contribution in [-0.2, 0) is 26.2 Å². The number of halogens is 1. The van der Waals surface area contributed by atoms with Crippen LogP contribution in [0.1, 0.15) is 36.8 Å². The average molecular weight is 657 g/mol. The molecule has 12 heteroatoms. The van der Waals surface area contributed by atoms with Gasteiger partial charge < -0.3 is 5.11 Å². The number of imide groups is 2. The molecular formula is C34H29ClN4O6S. The number of phenols is 1. The highest BCUT2D eigenvalue weighted by atomic mass is 35.5. The van der Waals surface area contributed by atoms with Crippen molar-refractivity contribution in [3.8, 4) is 16.3 Å². The standard InChI is InChI=1S/C34H29ClN4O6S/c1-15-21-12-17(35)6-11-25(21)46-29(15)24-14-26(37(3)36-24)38-31(42)23-13-22-19(9-10-20-27(22)32(43)39(45)30(20)41)28(34(23,2)33(38)44)16-4-7-18(40)8-5-16/h4-9,11-12,14,20,22-23,27-28,40,45H,10,13H2,1-3H3/t20-,22+,23-,27-,28-,34+/m0/s1. The van der Waals surface area contributed by atoms with E-state index in [2.05, 4.69) is 0 Å². The molecule has 3 fully saturated rings. The van der Waals surface area contributed by atoms with Gasteiger partial charge in [-0.1, -0.05) is 35.4 Å². The molecule has 0 bridgehead atoms. The van der Waals surface area contributed by atoms with Gasteiger partial charge >= 0.3 is 0 Å². The normalized spacial score (nSPS) is 29.0. The van der Waals surface area contributed by atoms with E-state index < -0.39 is 52.7 Å². The number of aryl methyl sites for hydroxylation is 2. The third-order valence-electron chi connectivity index (χ3n) is 10.7. The molecule has 0 spiro atoms. The zero-order valence-corrected chi connectivity index (χ0v) is 26.7. The van der Waals surface area contributed by atoms with Crippen molar-refractivity contribution in [1.29, 1.82) is 0 Å². The minimum absolute atomic E-state index is 0.0552. The number of phenolic OH excluding ortho intramolecular Hbond substituents is 1. The highest BCUT2D eigenvalue weighted by molar-refractivity contribution is 7.22. The molecule has 6 atom stereocenters. The summed E-state index contributed by atoms with van der Waals surface area (Å²) in [4.78, 5) is 57.3. The number of carbonyl (C=O) groups is 4. The topological polar surface area (TPSA) is 133 Å². The summed E-state index contributed by atoms with van der Waals surface area (Å²) in [6, 6.07) is 14.0. The van der Waals surface area contributed by atoms with E-state index in [0.29, 0.717) is 22.1 Å². The Morgan fingerprint density at radius 3 is 2.48 bits per heavy atom. The SMILES string of the molecule is Cc1c(-c2cc(N3C(=O)[C@@H]4C[C@@H]5C(=CC[C@@H]6C(=O)N(O)C(=O)[C@@H]65)[C@H](c5ccc(O)cc5)[C@]4(C)C3=O)n(C)n2)sc2ccc(Cl)cc12. The van der Waals surface area contributed by atoms with Gasteiger partial charge in [0.1, 0.15) is 17.3 Å². The smallest absolute Gasteiger partial charge is 0.257 e. The number of thiophene rings is 1. The lowest BCUT2D eigenvalue weighted by Crippen LogP contribution is -2.48. The second kappa shape index (κ2) is 9.84. The fourth-order valence-electron chi connectivity index (χ4n) is 8.48. The first-order valence-corrected chi connectivity index (χ1v) is 16.3. The van der Waals surface area contributed by atoms with Crippen LogP contribution < -0.4 is 4.90 Å². The molecule has 1 saturated carbocycles. The molecule has 10 nitrogen and oxygen atoms in total. The minimum Gasteiger partial charge on any atom is -0.508 e. The highest BCUT2D eigenvalue weighted by Gasteiger charge is 2.68.